The molecule has 4 fully saturated rings. The minimum Gasteiger partial charge on any atom is -0.507 e. The zero-order valence-corrected chi connectivity index (χ0v) is 31.8. The Hall–Kier alpha value is -4.75. The summed E-state index contributed by atoms with van der Waals surface area (Å²) in [5, 5.41) is 15.8. The Labute approximate surface area is 319 Å². The summed E-state index contributed by atoms with van der Waals surface area (Å²) in [4.78, 5) is 47.7. The molecule has 0 spiro atoms. The molecule has 8 rings (SSSR count). The molecule has 13 nitrogen and oxygen atoms in total. The summed E-state index contributed by atoms with van der Waals surface area (Å²) in [5.74, 6) is 3.27. The van der Waals surface area contributed by atoms with Gasteiger partial charge in [0.2, 0.25) is 5.91 Å². The molecule has 0 aromatic heterocycles. The van der Waals surface area contributed by atoms with Crippen molar-refractivity contribution in [2.45, 2.75) is 50.7 Å². The first kappa shape index (κ1) is 37.6. The summed E-state index contributed by atoms with van der Waals surface area (Å²) in [6.07, 6.45) is 7.14. The van der Waals surface area contributed by atoms with Crippen molar-refractivity contribution in [3.05, 3.63) is 76.7 Å². The normalized spacial score (nSPS) is 24.9. The second-order valence-electron chi connectivity index (χ2n) is 16.0. The van der Waals surface area contributed by atoms with Gasteiger partial charge in [0.25, 0.3) is 5.91 Å². The molecular weight excluding hydrogens is 683 g/mol. The standard InChI is InChI=1S/C25H34N4O3.C16H23N5O/c1-26-24(31)23(3-2-10-30)29-16-18-4-5-21(12-22(18)25(29)32)28-8-6-17(7-9-28)13-27-14-19-11-20(19)15-27;1-20-6-7-21-11(10-20)9-19-16(18)14(21)8-13(17)12-4-2-3-5-15(12)22/h4-5,10,12,17,19-20,23H,2-3,6-9,11,13-16H2,1H3,(H,26,31);2-5,8,11,19,22H,6-7,9-10,17-18H2,1H3/b;13-8-. The Morgan fingerprint density at radius 2 is 1.83 bits per heavy atom. The number of hydrogen-bond donors (Lipinski definition) is 5. The molecule has 3 saturated heterocycles. The number of likely N-dealkylation sites (N-methyl/N-ethyl adjacent to an activating group) is 2. The zero-order chi connectivity index (χ0) is 37.9. The molecule has 13 heteroatoms. The second kappa shape index (κ2) is 16.3. The van der Waals surface area contributed by atoms with Gasteiger partial charge in [-0.3, -0.25) is 9.59 Å². The minimum atomic E-state index is -0.610. The smallest absolute Gasteiger partial charge is 0.255 e. The van der Waals surface area contributed by atoms with Gasteiger partial charge in [0.1, 0.15) is 23.9 Å². The Kier molecular flexibility index (Phi) is 11.4. The Balaban J connectivity index is 0.000000179. The van der Waals surface area contributed by atoms with Crippen LogP contribution in [0.25, 0.3) is 5.70 Å². The van der Waals surface area contributed by atoms with Crippen molar-refractivity contribution in [3.63, 3.8) is 0 Å². The fourth-order valence-corrected chi connectivity index (χ4v) is 9.04. The summed E-state index contributed by atoms with van der Waals surface area (Å²) >= 11 is 0. The van der Waals surface area contributed by atoms with E-state index in [4.69, 9.17) is 11.5 Å². The minimum absolute atomic E-state index is 0.108. The Morgan fingerprint density at radius 1 is 1.07 bits per heavy atom. The van der Waals surface area contributed by atoms with Crippen LogP contribution < -0.4 is 27.0 Å². The van der Waals surface area contributed by atoms with Gasteiger partial charge >= 0.3 is 0 Å². The summed E-state index contributed by atoms with van der Waals surface area (Å²) < 4.78 is 0. The molecule has 5 heterocycles. The highest BCUT2D eigenvalue weighted by Crippen LogP contribution is 2.45. The summed E-state index contributed by atoms with van der Waals surface area (Å²) in [6, 6.07) is 13.0. The highest BCUT2D eigenvalue weighted by molar-refractivity contribution is 6.02. The molecule has 4 atom stereocenters. The number of aldehydes is 1. The number of aromatic hydroxyl groups is 1. The molecule has 1 aliphatic carbocycles. The van der Waals surface area contributed by atoms with E-state index < -0.39 is 6.04 Å². The van der Waals surface area contributed by atoms with E-state index in [1.165, 1.54) is 38.9 Å². The van der Waals surface area contributed by atoms with E-state index in [-0.39, 0.29) is 24.0 Å². The molecule has 4 unspecified atom stereocenters. The van der Waals surface area contributed by atoms with E-state index >= 15 is 0 Å². The number of phenolic OH excluding ortho intramolecular Hbond substituents is 1. The van der Waals surface area contributed by atoms with Gasteiger partial charge in [0, 0.05) is 101 Å². The third-order valence-corrected chi connectivity index (χ3v) is 12.3. The van der Waals surface area contributed by atoms with Crippen LogP contribution in [0.4, 0.5) is 5.69 Å². The van der Waals surface area contributed by atoms with E-state index in [0.717, 1.165) is 80.3 Å². The summed E-state index contributed by atoms with van der Waals surface area (Å²) in [6.45, 7) is 10.1. The van der Waals surface area contributed by atoms with Crippen molar-refractivity contribution < 1.29 is 19.5 Å². The van der Waals surface area contributed by atoms with Gasteiger partial charge in [-0.15, -0.1) is 0 Å². The van der Waals surface area contributed by atoms with Crippen molar-refractivity contribution in [3.8, 4) is 5.75 Å². The number of nitrogens with two attached hydrogens (primary N) is 2. The van der Waals surface area contributed by atoms with Crippen molar-refractivity contribution in [1.29, 1.82) is 0 Å². The lowest BCUT2D eigenvalue weighted by Crippen LogP contribution is -2.58. The van der Waals surface area contributed by atoms with E-state index in [1.54, 1.807) is 30.1 Å². The summed E-state index contributed by atoms with van der Waals surface area (Å²) in [7, 11) is 3.70. The number of rotatable bonds is 10. The molecule has 0 radical (unpaired) electrons. The average molecular weight is 740 g/mol. The molecule has 2 aromatic carbocycles. The lowest BCUT2D eigenvalue weighted by atomic mass is 9.95. The number of para-hydroxylation sites is 1. The highest BCUT2D eigenvalue weighted by atomic mass is 16.3. The number of hydrogen-bond acceptors (Lipinski definition) is 11. The van der Waals surface area contributed by atoms with Gasteiger partial charge in [-0.1, -0.05) is 18.2 Å². The van der Waals surface area contributed by atoms with Crippen LogP contribution in [0.5, 0.6) is 5.75 Å². The fraction of sp³-hybridized carbons (Fsp3) is 0.537. The van der Waals surface area contributed by atoms with Crippen LogP contribution >= 0.6 is 0 Å². The van der Waals surface area contributed by atoms with Crippen LogP contribution in [0.3, 0.4) is 0 Å². The van der Waals surface area contributed by atoms with Crippen LogP contribution in [0.15, 0.2) is 60.1 Å². The monoisotopic (exact) mass is 739 g/mol. The molecule has 2 amide bonds. The topological polar surface area (TPSA) is 164 Å². The first-order valence-electron chi connectivity index (χ1n) is 19.6. The van der Waals surface area contributed by atoms with E-state index in [0.29, 0.717) is 41.7 Å². The number of carbonyl (C=O) groups is 3. The predicted octanol–water partition coefficient (Wildman–Crippen LogP) is 1.94. The fourth-order valence-electron chi connectivity index (χ4n) is 9.04. The van der Waals surface area contributed by atoms with Crippen LogP contribution in [0.1, 0.15) is 53.6 Å². The average Bonchev–Trinajstić information content (AvgIpc) is 3.66. The first-order chi connectivity index (χ1) is 26.1. The molecule has 5 aliphatic heterocycles. The number of nitrogens with one attached hydrogen (secondary N) is 2. The molecule has 6 aliphatic rings. The van der Waals surface area contributed by atoms with Crippen molar-refractivity contribution in [1.82, 2.24) is 30.2 Å². The number of phenols is 1. The largest absolute Gasteiger partial charge is 0.507 e. The molecular formula is C41H57N9O4. The maximum atomic E-state index is 13.2. The number of piperidine rings is 2. The molecule has 7 N–H and O–H groups in total. The molecule has 54 heavy (non-hydrogen) atoms. The second-order valence-corrected chi connectivity index (χ2v) is 16.0. The van der Waals surface area contributed by atoms with Crippen LogP contribution in [0, 0.1) is 17.8 Å². The van der Waals surface area contributed by atoms with Gasteiger partial charge in [-0.2, -0.15) is 0 Å². The maximum absolute atomic E-state index is 13.2. The number of benzene rings is 2. The van der Waals surface area contributed by atoms with E-state index in [1.807, 2.05) is 24.3 Å². The van der Waals surface area contributed by atoms with Gasteiger partial charge < -0.3 is 56.5 Å². The number of amides is 2. The molecule has 290 valence electrons. The molecule has 1 saturated carbocycles. The Morgan fingerprint density at radius 3 is 2.56 bits per heavy atom. The number of nitrogens with zero attached hydrogens (tertiary/aromatic N) is 5. The third kappa shape index (κ3) is 8.17. The van der Waals surface area contributed by atoms with Crippen LogP contribution in [-0.2, 0) is 16.1 Å². The van der Waals surface area contributed by atoms with Crippen molar-refractivity contribution in [2.24, 2.45) is 29.2 Å². The highest BCUT2D eigenvalue weighted by Gasteiger charge is 2.45. The number of fused-ring (bicyclic) bond motifs is 3. The van der Waals surface area contributed by atoms with Gasteiger partial charge in [0.15, 0.2) is 0 Å². The maximum Gasteiger partial charge on any atom is 0.255 e. The van der Waals surface area contributed by atoms with Crippen molar-refractivity contribution in [2.75, 3.05) is 77.9 Å². The number of anilines is 1. The van der Waals surface area contributed by atoms with Gasteiger partial charge in [0.05, 0.1) is 11.7 Å². The Bertz CT molecular complexity index is 1760. The predicted molar refractivity (Wildman–Crippen MR) is 210 cm³/mol. The number of likely N-dealkylation sites (tertiary alicyclic amines) is 1. The first-order valence-corrected chi connectivity index (χ1v) is 19.6. The van der Waals surface area contributed by atoms with Crippen LogP contribution in [0.2, 0.25) is 0 Å². The lowest BCUT2D eigenvalue weighted by Gasteiger charge is -2.45. The zero-order valence-electron chi connectivity index (χ0n) is 31.8. The number of carbonyl (C=O) groups excluding carboxylic acids is 3. The quantitative estimate of drug-likeness (QED) is 0.227. The molecule has 2 aromatic rings. The van der Waals surface area contributed by atoms with E-state index in [2.05, 4.69) is 43.3 Å². The van der Waals surface area contributed by atoms with Crippen molar-refractivity contribution >= 4 is 29.5 Å². The lowest BCUT2D eigenvalue weighted by molar-refractivity contribution is -0.125. The van der Waals surface area contributed by atoms with Gasteiger partial charge in [-0.25, -0.2) is 0 Å². The molecule has 0 bridgehead atoms. The van der Waals surface area contributed by atoms with Gasteiger partial charge in [-0.05, 0) is 86.4 Å². The van der Waals surface area contributed by atoms with E-state index in [9.17, 15) is 19.5 Å². The number of allylic oxidation sites excluding steroid dienone is 1. The van der Waals surface area contributed by atoms with Crippen LogP contribution in [-0.4, -0.2) is 128 Å². The SMILES string of the molecule is CN1CCN2C(/C=C(\N)c3ccccc3O)=C(N)NCC2C1.CNC(=O)C(CCC=O)N1Cc2ccc(N3CCC(CN4CC5CC5C4)CC3)cc2C1=O. The third-order valence-electron chi connectivity index (χ3n) is 12.3. The summed E-state index contributed by atoms with van der Waals surface area (Å²) in [5.41, 5.74) is 17.1. The number of piperazine rings is 1.